The van der Waals surface area contributed by atoms with Crippen molar-refractivity contribution < 1.29 is 0 Å². The van der Waals surface area contributed by atoms with Crippen molar-refractivity contribution in [2.24, 2.45) is 0 Å². The standard InChI is InChI=1S/C60H73BN2S/c1-54(2,3)36-18-21-39(22-19-36)62-47-25-20-37(55(4,5)6)30-46(47)61-51-41-34-44-45(60(16,17)29-28-59(44,14)15)35-50(41)64-53(51)63(49-32-38(56(7,8)9)31-48(62)52(49)61)40-23-24-42-43(33-40)58(12,13)27-26-57(42,10)11/h18-25,30-35H,26-29H2,1-17H3. The molecule has 332 valence electrons. The van der Waals surface area contributed by atoms with Crippen molar-refractivity contribution in [1.82, 2.24) is 0 Å². The van der Waals surface area contributed by atoms with E-state index in [2.05, 4.69) is 212 Å². The normalized spacial score (nSPS) is 19.2. The molecule has 0 spiro atoms. The summed E-state index contributed by atoms with van der Waals surface area (Å²) in [4.78, 5) is 5.36. The van der Waals surface area contributed by atoms with Gasteiger partial charge in [0, 0.05) is 33.1 Å². The van der Waals surface area contributed by atoms with Crippen LogP contribution in [0.25, 0.3) is 10.1 Å². The molecule has 0 atom stereocenters. The van der Waals surface area contributed by atoms with Crippen LogP contribution in [0.3, 0.4) is 0 Å². The van der Waals surface area contributed by atoms with Gasteiger partial charge in [0.2, 0.25) is 0 Å². The van der Waals surface area contributed by atoms with E-state index < -0.39 is 0 Å². The predicted molar refractivity (Wildman–Crippen MR) is 283 cm³/mol. The SMILES string of the molecule is CC(C)(C)c1ccc(N2c3ccc(C(C)(C)C)cc3B3c4c2cc(C(C)(C)C)cc4N(c2ccc4c(c2)C(C)(C)CCC4(C)C)c2sc4cc5c(cc4c23)C(C)(C)CCC5(C)C)cc1. The van der Waals surface area contributed by atoms with Crippen molar-refractivity contribution in [3.8, 4) is 0 Å². The molecule has 10 rings (SSSR count). The van der Waals surface area contributed by atoms with Gasteiger partial charge in [-0.3, -0.25) is 0 Å². The van der Waals surface area contributed by atoms with Crippen LogP contribution < -0.4 is 26.2 Å². The Morgan fingerprint density at radius 1 is 0.438 bits per heavy atom. The summed E-state index contributed by atoms with van der Waals surface area (Å²) in [5.74, 6) is 0. The van der Waals surface area contributed by atoms with Gasteiger partial charge in [-0.05, 0) is 179 Å². The summed E-state index contributed by atoms with van der Waals surface area (Å²) in [5.41, 5.74) is 21.4. The van der Waals surface area contributed by atoms with Gasteiger partial charge in [0.25, 0.3) is 6.71 Å². The van der Waals surface area contributed by atoms with Crippen molar-refractivity contribution in [3.05, 3.63) is 124 Å². The maximum atomic E-state index is 2.73. The zero-order valence-electron chi connectivity index (χ0n) is 42.3. The third-order valence-corrected chi connectivity index (χ3v) is 17.6. The minimum absolute atomic E-state index is 0.00788. The Bertz CT molecular complexity index is 2900. The average Bonchev–Trinajstić information content (AvgIpc) is 3.57. The zero-order chi connectivity index (χ0) is 46.1. The van der Waals surface area contributed by atoms with Crippen LogP contribution >= 0.6 is 11.3 Å². The summed E-state index contributed by atoms with van der Waals surface area (Å²) < 4.78 is 1.41. The number of benzene rings is 5. The minimum Gasteiger partial charge on any atom is -0.311 e. The quantitative estimate of drug-likeness (QED) is 0.160. The van der Waals surface area contributed by atoms with E-state index in [1.54, 1.807) is 0 Å². The van der Waals surface area contributed by atoms with E-state index in [0.29, 0.717) is 0 Å². The highest BCUT2D eigenvalue weighted by Gasteiger charge is 2.48. The van der Waals surface area contributed by atoms with E-state index in [1.807, 2.05) is 11.3 Å². The lowest BCUT2D eigenvalue weighted by atomic mass is 9.33. The number of thiophene rings is 1. The van der Waals surface area contributed by atoms with Gasteiger partial charge in [0.15, 0.2) is 0 Å². The second-order valence-electron chi connectivity index (χ2n) is 26.1. The minimum atomic E-state index is -0.0800. The molecule has 0 bridgehead atoms. The second-order valence-corrected chi connectivity index (χ2v) is 27.1. The smallest absolute Gasteiger partial charge is 0.254 e. The van der Waals surface area contributed by atoms with Crippen LogP contribution in [0.5, 0.6) is 0 Å². The molecule has 0 N–H and O–H groups in total. The van der Waals surface area contributed by atoms with Crippen molar-refractivity contribution in [1.29, 1.82) is 0 Å². The summed E-state index contributed by atoms with van der Waals surface area (Å²) in [5, 5.41) is 2.82. The maximum Gasteiger partial charge on any atom is 0.254 e. The molecule has 0 unspecified atom stereocenters. The molecule has 0 radical (unpaired) electrons. The van der Waals surface area contributed by atoms with Gasteiger partial charge in [-0.25, -0.2) is 0 Å². The van der Waals surface area contributed by atoms with Crippen LogP contribution in [0, 0.1) is 0 Å². The van der Waals surface area contributed by atoms with E-state index in [9.17, 15) is 0 Å². The van der Waals surface area contributed by atoms with Crippen LogP contribution in [0.2, 0.25) is 0 Å². The molecule has 2 aliphatic carbocycles. The molecule has 2 nitrogen and oxygen atoms in total. The first kappa shape index (κ1) is 43.6. The number of anilines is 6. The van der Waals surface area contributed by atoms with E-state index in [4.69, 9.17) is 0 Å². The molecule has 4 heteroatoms. The van der Waals surface area contributed by atoms with E-state index >= 15 is 0 Å². The van der Waals surface area contributed by atoms with Gasteiger partial charge in [0.1, 0.15) is 0 Å². The van der Waals surface area contributed by atoms with E-state index in [0.717, 1.165) is 0 Å². The molecule has 1 aromatic heterocycles. The Morgan fingerprint density at radius 3 is 1.48 bits per heavy atom. The van der Waals surface area contributed by atoms with Gasteiger partial charge >= 0.3 is 0 Å². The van der Waals surface area contributed by atoms with Crippen LogP contribution in [-0.2, 0) is 37.9 Å². The van der Waals surface area contributed by atoms with Crippen LogP contribution in [0.1, 0.15) is 182 Å². The van der Waals surface area contributed by atoms with Gasteiger partial charge in [-0.15, -0.1) is 11.3 Å². The first-order valence-corrected chi connectivity index (χ1v) is 25.2. The Labute approximate surface area is 391 Å². The average molecular weight is 865 g/mol. The number of hydrogen-bond acceptors (Lipinski definition) is 3. The summed E-state index contributed by atoms with van der Waals surface area (Å²) in [6.45, 7) is 41.1. The van der Waals surface area contributed by atoms with Gasteiger partial charge in [-0.2, -0.15) is 0 Å². The Morgan fingerprint density at radius 2 is 0.922 bits per heavy atom. The molecule has 2 aliphatic heterocycles. The molecule has 3 heterocycles. The molecule has 6 aromatic rings. The van der Waals surface area contributed by atoms with Gasteiger partial charge < -0.3 is 9.80 Å². The van der Waals surface area contributed by atoms with Gasteiger partial charge in [0.05, 0.1) is 5.00 Å². The largest absolute Gasteiger partial charge is 0.311 e. The van der Waals surface area contributed by atoms with Crippen LogP contribution in [-0.4, -0.2) is 6.71 Å². The monoisotopic (exact) mass is 865 g/mol. The van der Waals surface area contributed by atoms with Crippen LogP contribution in [0.15, 0.2) is 84.9 Å². The third-order valence-electron chi connectivity index (χ3n) is 16.5. The predicted octanol–water partition coefficient (Wildman–Crippen LogP) is 15.6. The van der Waals surface area contributed by atoms with Crippen molar-refractivity contribution in [3.63, 3.8) is 0 Å². The lowest BCUT2D eigenvalue weighted by Crippen LogP contribution is -2.61. The number of nitrogens with zero attached hydrogens (tertiary/aromatic N) is 2. The first-order chi connectivity index (χ1) is 29.6. The Hall–Kier alpha value is -4.28. The van der Waals surface area contributed by atoms with E-state index in [-0.39, 0.29) is 44.6 Å². The summed E-state index contributed by atoms with van der Waals surface area (Å²) in [6, 6.07) is 35.0. The molecular formula is C60H73BN2S. The highest BCUT2D eigenvalue weighted by molar-refractivity contribution is 7.26. The fourth-order valence-corrected chi connectivity index (χ4v) is 13.1. The molecule has 4 aliphatic rings. The van der Waals surface area contributed by atoms with E-state index in [1.165, 1.54) is 125 Å². The second kappa shape index (κ2) is 13.7. The summed E-state index contributed by atoms with van der Waals surface area (Å²) >= 11 is 2.04. The lowest BCUT2D eigenvalue weighted by Gasteiger charge is -2.45. The number of hydrogen-bond donors (Lipinski definition) is 0. The number of rotatable bonds is 2. The topological polar surface area (TPSA) is 6.48 Å². The molecule has 0 saturated heterocycles. The summed E-state index contributed by atoms with van der Waals surface area (Å²) in [7, 11) is 0. The van der Waals surface area contributed by atoms with Crippen molar-refractivity contribution >= 4 is 78.0 Å². The molecular weight excluding hydrogens is 792 g/mol. The Kier molecular flexibility index (Phi) is 9.30. The third kappa shape index (κ3) is 6.60. The van der Waals surface area contributed by atoms with Gasteiger partial charge in [-0.1, -0.05) is 148 Å². The van der Waals surface area contributed by atoms with Crippen molar-refractivity contribution in [2.45, 2.75) is 181 Å². The number of fused-ring (bicyclic) bond motifs is 8. The molecule has 0 saturated carbocycles. The molecule has 5 aromatic carbocycles. The van der Waals surface area contributed by atoms with Crippen LogP contribution in [0.4, 0.5) is 33.4 Å². The molecule has 64 heavy (non-hydrogen) atoms. The summed E-state index contributed by atoms with van der Waals surface area (Å²) in [6.07, 6.45) is 4.80. The molecule has 0 amide bonds. The lowest BCUT2D eigenvalue weighted by molar-refractivity contribution is 0.332. The highest BCUT2D eigenvalue weighted by atomic mass is 32.1. The van der Waals surface area contributed by atoms with Crippen molar-refractivity contribution in [2.75, 3.05) is 9.80 Å². The zero-order valence-corrected chi connectivity index (χ0v) is 43.1. The Balaban J connectivity index is 1.36. The first-order valence-electron chi connectivity index (χ1n) is 24.4. The fraction of sp³-hybridized carbons (Fsp3) is 0.467. The highest BCUT2D eigenvalue weighted by Crippen LogP contribution is 2.54. The molecule has 0 fully saturated rings. The fourth-order valence-electron chi connectivity index (χ4n) is 11.8. The maximum absolute atomic E-state index is 2.73.